The van der Waals surface area contributed by atoms with Crippen LogP contribution in [-0.2, 0) is 4.79 Å². The van der Waals surface area contributed by atoms with Crippen molar-refractivity contribution in [3.63, 3.8) is 0 Å². The Labute approximate surface area is 66.5 Å². The minimum absolute atomic E-state index is 0.0387. The Kier molecular flexibility index (Phi) is 5.07. The molecule has 0 aliphatic heterocycles. The van der Waals surface area contributed by atoms with Gasteiger partial charge in [-0.25, -0.2) is 0 Å². The number of aliphatic imine (C=N–C) groups is 1. The number of carbonyl (C=O) groups excluding carboxylic acids is 1. The molecule has 11 heavy (non-hydrogen) atoms. The van der Waals surface area contributed by atoms with E-state index in [-0.39, 0.29) is 6.42 Å². The van der Waals surface area contributed by atoms with Crippen LogP contribution in [0.1, 0.15) is 26.7 Å². The summed E-state index contributed by atoms with van der Waals surface area (Å²) in [6.45, 7) is 3.63. The summed E-state index contributed by atoms with van der Waals surface area (Å²) in [4.78, 5) is 14.0. The average Bonchev–Trinajstić information content (AvgIpc) is 1.97. The van der Waals surface area contributed by atoms with Crippen LogP contribution in [0.25, 0.3) is 0 Å². The number of carboxylic acid groups (broad SMARTS) is 1. The number of rotatable bonds is 4. The van der Waals surface area contributed by atoms with E-state index in [1.807, 2.05) is 6.92 Å². The molecule has 3 nitrogen and oxygen atoms in total. The second-order valence-corrected chi connectivity index (χ2v) is 2.04. The highest BCUT2D eigenvalue weighted by Gasteiger charge is 1.91. The number of aliphatic carboxylic acids is 1. The summed E-state index contributed by atoms with van der Waals surface area (Å²) in [5.74, 6) is -1.03. The van der Waals surface area contributed by atoms with E-state index in [4.69, 9.17) is 0 Å². The van der Waals surface area contributed by atoms with Gasteiger partial charge >= 0.3 is 0 Å². The van der Waals surface area contributed by atoms with Crippen LogP contribution in [0.15, 0.2) is 16.8 Å². The van der Waals surface area contributed by atoms with Gasteiger partial charge < -0.3 is 9.90 Å². The standard InChI is InChI=1S/C8H13NO2/c1-3-7(9-4-2)5-6-8(10)11/h3-4H,5-6H2,1-2H3,(H,10,11)/p-1/b7-3+,9-4?. The van der Waals surface area contributed by atoms with Crippen molar-refractivity contribution >= 4 is 12.2 Å². The largest absolute Gasteiger partial charge is 0.550 e. The predicted molar refractivity (Wildman–Crippen MR) is 42.2 cm³/mol. The van der Waals surface area contributed by atoms with Crippen LogP contribution in [0.2, 0.25) is 0 Å². The van der Waals surface area contributed by atoms with Gasteiger partial charge in [-0.1, -0.05) is 6.08 Å². The third-order valence-corrected chi connectivity index (χ3v) is 1.21. The van der Waals surface area contributed by atoms with Gasteiger partial charge in [-0.3, -0.25) is 4.99 Å². The van der Waals surface area contributed by atoms with E-state index in [2.05, 4.69) is 4.99 Å². The molecule has 0 radical (unpaired) electrons. The first-order valence-electron chi connectivity index (χ1n) is 3.54. The normalized spacial score (nSPS) is 12.4. The van der Waals surface area contributed by atoms with Crippen molar-refractivity contribution in [2.75, 3.05) is 0 Å². The van der Waals surface area contributed by atoms with Crippen molar-refractivity contribution in [3.8, 4) is 0 Å². The average molecular weight is 154 g/mol. The SMILES string of the molecule is CC=N/C(=C/C)CCC(=O)[O-]. The quantitative estimate of drug-likeness (QED) is 0.554. The topological polar surface area (TPSA) is 52.5 Å². The molecule has 0 aliphatic carbocycles. The van der Waals surface area contributed by atoms with Gasteiger partial charge in [0.15, 0.2) is 0 Å². The fourth-order valence-electron chi connectivity index (χ4n) is 0.679. The van der Waals surface area contributed by atoms with Gasteiger partial charge in [-0.2, -0.15) is 0 Å². The van der Waals surface area contributed by atoms with Crippen LogP contribution in [-0.4, -0.2) is 12.2 Å². The molecule has 0 unspecified atom stereocenters. The molecule has 0 bridgehead atoms. The second-order valence-electron chi connectivity index (χ2n) is 2.04. The Balaban J connectivity index is 3.81. The van der Waals surface area contributed by atoms with Crippen LogP contribution in [0.3, 0.4) is 0 Å². The van der Waals surface area contributed by atoms with E-state index in [1.54, 1.807) is 19.2 Å². The molecule has 62 valence electrons. The summed E-state index contributed by atoms with van der Waals surface area (Å²) in [5, 5.41) is 10.0. The van der Waals surface area contributed by atoms with Crippen LogP contribution in [0.5, 0.6) is 0 Å². The zero-order valence-electron chi connectivity index (χ0n) is 6.83. The lowest BCUT2D eigenvalue weighted by atomic mass is 10.2. The number of hydrogen-bond acceptors (Lipinski definition) is 3. The summed E-state index contributed by atoms with van der Waals surface area (Å²) < 4.78 is 0. The zero-order chi connectivity index (χ0) is 8.69. The summed E-state index contributed by atoms with van der Waals surface area (Å²) in [6.07, 6.45) is 3.92. The number of carboxylic acids is 1. The van der Waals surface area contributed by atoms with E-state index in [1.165, 1.54) is 0 Å². The zero-order valence-corrected chi connectivity index (χ0v) is 6.83. The Bertz CT molecular complexity index is 183. The minimum atomic E-state index is -1.03. The first-order valence-corrected chi connectivity index (χ1v) is 3.54. The summed E-state index contributed by atoms with van der Waals surface area (Å²) >= 11 is 0. The Hall–Kier alpha value is -1.12. The lowest BCUT2D eigenvalue weighted by molar-refractivity contribution is -0.305. The van der Waals surface area contributed by atoms with Crippen LogP contribution >= 0.6 is 0 Å². The molecule has 0 amide bonds. The van der Waals surface area contributed by atoms with E-state index in [9.17, 15) is 9.90 Å². The van der Waals surface area contributed by atoms with E-state index >= 15 is 0 Å². The van der Waals surface area contributed by atoms with Gasteiger partial charge in [0.1, 0.15) is 0 Å². The van der Waals surface area contributed by atoms with E-state index in [0.717, 1.165) is 5.70 Å². The highest BCUT2D eigenvalue weighted by molar-refractivity contribution is 5.64. The van der Waals surface area contributed by atoms with Gasteiger partial charge in [0.25, 0.3) is 0 Å². The molecule has 0 heterocycles. The van der Waals surface area contributed by atoms with Gasteiger partial charge in [0, 0.05) is 17.9 Å². The van der Waals surface area contributed by atoms with Gasteiger partial charge in [0.2, 0.25) is 0 Å². The van der Waals surface area contributed by atoms with Gasteiger partial charge in [0.05, 0.1) is 0 Å². The third-order valence-electron chi connectivity index (χ3n) is 1.21. The fourth-order valence-corrected chi connectivity index (χ4v) is 0.679. The summed E-state index contributed by atoms with van der Waals surface area (Å²) in [6, 6.07) is 0. The molecule has 0 atom stereocenters. The van der Waals surface area contributed by atoms with Crippen molar-refractivity contribution in [3.05, 3.63) is 11.8 Å². The van der Waals surface area contributed by atoms with E-state index in [0.29, 0.717) is 6.42 Å². The Morgan fingerprint density at radius 3 is 2.45 bits per heavy atom. The molecule has 0 aliphatic rings. The smallest absolute Gasteiger partial charge is 0.0418 e. The van der Waals surface area contributed by atoms with Gasteiger partial charge in [-0.05, 0) is 26.7 Å². The minimum Gasteiger partial charge on any atom is -0.550 e. The Morgan fingerprint density at radius 1 is 1.45 bits per heavy atom. The molecule has 0 rings (SSSR count). The third kappa shape index (κ3) is 5.33. The first kappa shape index (κ1) is 9.88. The maximum absolute atomic E-state index is 10.0. The molecule has 3 heteroatoms. The fraction of sp³-hybridized carbons (Fsp3) is 0.500. The molecule has 0 aromatic carbocycles. The highest BCUT2D eigenvalue weighted by Crippen LogP contribution is 2.04. The molecular weight excluding hydrogens is 142 g/mol. The predicted octanol–water partition coefficient (Wildman–Crippen LogP) is 0.511. The summed E-state index contributed by atoms with van der Waals surface area (Å²) in [7, 11) is 0. The lowest BCUT2D eigenvalue weighted by Gasteiger charge is -2.01. The maximum Gasteiger partial charge on any atom is 0.0418 e. The number of allylic oxidation sites excluding steroid dienone is 2. The molecule has 0 aromatic heterocycles. The maximum atomic E-state index is 10.0. The van der Waals surface area contributed by atoms with Crippen molar-refractivity contribution < 1.29 is 9.90 Å². The van der Waals surface area contributed by atoms with Crippen molar-refractivity contribution in [2.45, 2.75) is 26.7 Å². The Morgan fingerprint density at radius 2 is 2.09 bits per heavy atom. The molecule has 0 spiro atoms. The summed E-state index contributed by atoms with van der Waals surface area (Å²) in [5.41, 5.74) is 0.789. The van der Waals surface area contributed by atoms with Gasteiger partial charge in [-0.15, -0.1) is 0 Å². The number of hydrogen-bond donors (Lipinski definition) is 0. The monoisotopic (exact) mass is 154 g/mol. The molecule has 0 fully saturated rings. The number of carbonyl (C=O) groups is 1. The van der Waals surface area contributed by atoms with E-state index < -0.39 is 5.97 Å². The van der Waals surface area contributed by atoms with Crippen molar-refractivity contribution in [1.29, 1.82) is 0 Å². The lowest BCUT2D eigenvalue weighted by Crippen LogP contribution is -2.21. The van der Waals surface area contributed by atoms with Crippen LogP contribution in [0, 0.1) is 0 Å². The second kappa shape index (κ2) is 5.65. The molecule has 0 N–H and O–H groups in total. The molecule has 0 saturated carbocycles. The first-order chi connectivity index (χ1) is 5.20. The molecule has 0 aromatic rings. The highest BCUT2D eigenvalue weighted by atomic mass is 16.4. The van der Waals surface area contributed by atoms with Crippen LogP contribution < -0.4 is 5.11 Å². The van der Waals surface area contributed by atoms with Crippen LogP contribution in [0.4, 0.5) is 0 Å². The van der Waals surface area contributed by atoms with Crippen molar-refractivity contribution in [2.24, 2.45) is 4.99 Å². The molecular formula is C8H12NO2-. The number of nitrogens with zero attached hydrogens (tertiary/aromatic N) is 1. The molecule has 0 saturated heterocycles. The van der Waals surface area contributed by atoms with Crippen molar-refractivity contribution in [1.82, 2.24) is 0 Å².